The summed E-state index contributed by atoms with van der Waals surface area (Å²) < 4.78 is 8.34. The number of aryl methyl sites for hydroxylation is 1. The van der Waals surface area contributed by atoms with Gasteiger partial charge in [-0.2, -0.15) is 0 Å². The summed E-state index contributed by atoms with van der Waals surface area (Å²) in [6.07, 6.45) is 11.9. The summed E-state index contributed by atoms with van der Waals surface area (Å²) in [7, 11) is 13.9. The maximum Gasteiger partial charge on any atom is 0.119 e. The fraction of sp³-hybridized carbons (Fsp3) is 0.333. The Bertz CT molecular complexity index is 2360. The zero-order valence-electron chi connectivity index (χ0n) is 34.5. The second-order valence-corrected chi connectivity index (χ2v) is 17.4. The van der Waals surface area contributed by atoms with Crippen LogP contribution < -0.4 is 9.64 Å². The topological polar surface area (TPSA) is 71.0 Å². The smallest absolute Gasteiger partial charge is 0.119 e. The lowest BCUT2D eigenvalue weighted by atomic mass is 10.0. The first kappa shape index (κ1) is 39.0. The minimum atomic E-state index is 0.704. The molecule has 290 valence electrons. The summed E-state index contributed by atoms with van der Waals surface area (Å²) in [6, 6.07) is 29.8. The van der Waals surface area contributed by atoms with E-state index in [1.165, 1.54) is 44.6 Å². The fourth-order valence-electron chi connectivity index (χ4n) is 7.70. The molecule has 2 aliphatic heterocycles. The van der Waals surface area contributed by atoms with Crippen molar-refractivity contribution in [2.75, 3.05) is 81.6 Å². The molecule has 5 heterocycles. The molecule has 0 amide bonds. The minimum absolute atomic E-state index is 0.704. The largest absolute Gasteiger partial charge is 0.493 e. The van der Waals surface area contributed by atoms with E-state index < -0.39 is 0 Å². The van der Waals surface area contributed by atoms with E-state index in [0.29, 0.717) is 6.61 Å². The molecule has 2 aliphatic rings. The van der Waals surface area contributed by atoms with Crippen LogP contribution in [0.15, 0.2) is 84.9 Å². The van der Waals surface area contributed by atoms with Crippen LogP contribution in [0.5, 0.6) is 5.75 Å². The predicted molar refractivity (Wildman–Crippen MR) is 235 cm³/mol. The monoisotopic (exact) mass is 750 g/mol. The quantitative estimate of drug-likeness (QED) is 0.0733. The molecule has 3 aromatic heterocycles. The molecule has 0 saturated heterocycles. The van der Waals surface area contributed by atoms with Gasteiger partial charge < -0.3 is 28.6 Å². The Labute approximate surface area is 333 Å². The first-order valence-electron chi connectivity index (χ1n) is 20.2. The molecule has 1 atom stereocenters. The van der Waals surface area contributed by atoms with Crippen molar-refractivity contribution in [3.63, 3.8) is 0 Å². The number of rotatable bonds is 15. The maximum absolute atomic E-state index is 6.27. The molecule has 8 bridgehead atoms. The van der Waals surface area contributed by atoms with Crippen LogP contribution in [-0.2, 0) is 0 Å². The van der Waals surface area contributed by atoms with Gasteiger partial charge in [0.25, 0.3) is 0 Å². The van der Waals surface area contributed by atoms with Crippen LogP contribution in [0.1, 0.15) is 47.6 Å². The lowest BCUT2D eigenvalue weighted by molar-refractivity contribution is -0.909. The Morgan fingerprint density at radius 3 is 1.62 bits per heavy atom. The van der Waals surface area contributed by atoms with Gasteiger partial charge in [-0.25, -0.2) is 9.97 Å². The SMILES string of the molecule is Cc1ccc(-c2c3nc(cc4ccc([nH]4)c(-c4ccc(OCCC[N+](C)(C)CCC[NH+](C)CCC[N+](C)(C)C)cc4)c4nc(cc5ccc2[nH]5)C=C4)C=C3)cc1. The number of fused-ring (bicyclic) bond motifs is 8. The fourth-order valence-corrected chi connectivity index (χ4v) is 7.70. The van der Waals surface area contributed by atoms with E-state index in [-0.39, 0.29) is 0 Å². The third kappa shape index (κ3) is 10.1. The van der Waals surface area contributed by atoms with E-state index in [9.17, 15) is 0 Å². The predicted octanol–water partition coefficient (Wildman–Crippen LogP) is 8.14. The number of nitrogens with one attached hydrogen (secondary N) is 3. The van der Waals surface area contributed by atoms with E-state index in [1.54, 1.807) is 4.90 Å². The first-order valence-corrected chi connectivity index (χ1v) is 20.2. The lowest BCUT2D eigenvalue weighted by Crippen LogP contribution is -3.09. The van der Waals surface area contributed by atoms with Crippen molar-refractivity contribution in [2.24, 2.45) is 0 Å². The molecule has 2 aromatic carbocycles. The third-order valence-corrected chi connectivity index (χ3v) is 10.9. The molecular formula is C48H60N7O+3. The van der Waals surface area contributed by atoms with E-state index in [4.69, 9.17) is 14.7 Å². The van der Waals surface area contributed by atoms with Crippen LogP contribution >= 0.6 is 0 Å². The Morgan fingerprint density at radius 2 is 1.09 bits per heavy atom. The zero-order chi connectivity index (χ0) is 39.3. The summed E-state index contributed by atoms with van der Waals surface area (Å²) in [5.74, 6) is 0.888. The van der Waals surface area contributed by atoms with Crippen molar-refractivity contribution in [1.29, 1.82) is 0 Å². The highest BCUT2D eigenvalue weighted by molar-refractivity contribution is 5.93. The number of hydrogen-bond donors (Lipinski definition) is 3. The molecule has 0 saturated carbocycles. The van der Waals surface area contributed by atoms with Crippen LogP contribution in [0.4, 0.5) is 0 Å². The number of hydrogen-bond acceptors (Lipinski definition) is 3. The van der Waals surface area contributed by atoms with Crippen molar-refractivity contribution in [3.05, 3.63) is 113 Å². The molecule has 1 unspecified atom stereocenters. The van der Waals surface area contributed by atoms with Gasteiger partial charge in [0.1, 0.15) is 5.75 Å². The Kier molecular flexibility index (Phi) is 11.7. The highest BCUT2D eigenvalue weighted by Crippen LogP contribution is 2.33. The van der Waals surface area contributed by atoms with Crippen molar-refractivity contribution in [3.8, 4) is 28.0 Å². The number of benzene rings is 2. The van der Waals surface area contributed by atoms with Crippen molar-refractivity contribution >= 4 is 46.4 Å². The van der Waals surface area contributed by atoms with Crippen LogP contribution in [0.3, 0.4) is 0 Å². The number of nitrogens with zero attached hydrogens (tertiary/aromatic N) is 4. The van der Waals surface area contributed by atoms with Crippen LogP contribution in [-0.4, -0.2) is 111 Å². The molecule has 5 aromatic rings. The van der Waals surface area contributed by atoms with Gasteiger partial charge in [0.05, 0.1) is 104 Å². The van der Waals surface area contributed by atoms with E-state index in [0.717, 1.165) is 94.8 Å². The van der Waals surface area contributed by atoms with Crippen LogP contribution in [0, 0.1) is 6.92 Å². The van der Waals surface area contributed by atoms with Gasteiger partial charge in [0.2, 0.25) is 0 Å². The number of aromatic amines is 2. The molecule has 0 aliphatic carbocycles. The van der Waals surface area contributed by atoms with Gasteiger partial charge in [-0.15, -0.1) is 0 Å². The molecule has 8 nitrogen and oxygen atoms in total. The Balaban J connectivity index is 1.07. The van der Waals surface area contributed by atoms with Crippen LogP contribution in [0.2, 0.25) is 0 Å². The van der Waals surface area contributed by atoms with Crippen molar-refractivity contribution in [2.45, 2.75) is 26.2 Å². The van der Waals surface area contributed by atoms with E-state index in [2.05, 4.69) is 168 Å². The van der Waals surface area contributed by atoms with Crippen molar-refractivity contribution < 1.29 is 18.6 Å². The standard InChI is InChI=1S/C48H59N7O/c1-35-11-13-36(14-12-35)47-43-23-17-38(49-43)33-40-19-25-45(51-40)48(46-26-20-41(52-46)34-39-18-24-44(47)50-39)37-15-21-42(22-16-37)56-32-10-31-55(6,7)30-9-28-53(2)27-8-29-54(3,4)5/h11-26,33-34,49,52H,8-10,27-32H2,1-7H3/q+2/p+1. The molecule has 7 rings (SSSR count). The van der Waals surface area contributed by atoms with Crippen LogP contribution in [0.25, 0.3) is 68.6 Å². The Morgan fingerprint density at radius 1 is 0.589 bits per heavy atom. The molecule has 0 fully saturated rings. The molecule has 8 heteroatoms. The summed E-state index contributed by atoms with van der Waals surface area (Å²) in [6.45, 7) is 8.83. The average molecular weight is 751 g/mol. The number of H-pyrrole nitrogens is 2. The van der Waals surface area contributed by atoms with Gasteiger partial charge in [-0.3, -0.25) is 0 Å². The molecule has 0 radical (unpaired) electrons. The van der Waals surface area contributed by atoms with Crippen molar-refractivity contribution in [1.82, 2.24) is 19.9 Å². The van der Waals surface area contributed by atoms with Gasteiger partial charge >= 0.3 is 0 Å². The summed E-state index contributed by atoms with van der Waals surface area (Å²) in [4.78, 5) is 19.2. The molecule has 0 spiro atoms. The van der Waals surface area contributed by atoms with Gasteiger partial charge in [0.15, 0.2) is 0 Å². The van der Waals surface area contributed by atoms with E-state index in [1.807, 2.05) is 0 Å². The summed E-state index contributed by atoms with van der Waals surface area (Å²) in [5.41, 5.74) is 13.2. The second-order valence-electron chi connectivity index (χ2n) is 17.4. The average Bonchev–Trinajstić information content (AvgIpc) is 3.98. The lowest BCUT2D eigenvalue weighted by Gasteiger charge is -2.30. The number of aromatic nitrogens is 4. The zero-order valence-corrected chi connectivity index (χ0v) is 34.5. The van der Waals surface area contributed by atoms with Gasteiger partial charge in [0, 0.05) is 52.5 Å². The molecule has 3 N–H and O–H groups in total. The third-order valence-electron chi connectivity index (χ3n) is 10.9. The first-order chi connectivity index (χ1) is 26.9. The number of quaternary nitrogens is 3. The summed E-state index contributed by atoms with van der Waals surface area (Å²) in [5, 5.41) is 0. The summed E-state index contributed by atoms with van der Waals surface area (Å²) >= 11 is 0. The molecule has 56 heavy (non-hydrogen) atoms. The number of ether oxygens (including phenoxy) is 1. The normalized spacial score (nSPS) is 13.3. The minimum Gasteiger partial charge on any atom is -0.493 e. The Hall–Kier alpha value is -5.28. The highest BCUT2D eigenvalue weighted by atomic mass is 16.5. The van der Waals surface area contributed by atoms with Gasteiger partial charge in [-0.05, 0) is 90.9 Å². The maximum atomic E-state index is 6.27. The highest BCUT2D eigenvalue weighted by Gasteiger charge is 2.17. The second kappa shape index (κ2) is 16.8. The van der Waals surface area contributed by atoms with E-state index >= 15 is 0 Å². The molecular weight excluding hydrogens is 691 g/mol. The van der Waals surface area contributed by atoms with Gasteiger partial charge in [-0.1, -0.05) is 42.0 Å².